The van der Waals surface area contributed by atoms with Gasteiger partial charge in [0.1, 0.15) is 0 Å². The van der Waals surface area contributed by atoms with Gasteiger partial charge < -0.3 is 15.3 Å². The average Bonchev–Trinajstić information content (AvgIpc) is 2.46. The molecule has 1 fully saturated rings. The molecule has 0 saturated carbocycles. The number of aliphatic hydroxyl groups is 1. The van der Waals surface area contributed by atoms with Gasteiger partial charge in [-0.15, -0.1) is 13.1 Å². The van der Waals surface area contributed by atoms with Gasteiger partial charge in [-0.05, 0) is 45.0 Å². The van der Waals surface area contributed by atoms with E-state index in [9.17, 15) is 18.3 Å². The van der Waals surface area contributed by atoms with Crippen LogP contribution < -0.4 is 0 Å². The number of aliphatic hydroxyl groups excluding tert-OH is 1. The molecule has 2 rings (SSSR count). The van der Waals surface area contributed by atoms with E-state index >= 15 is 0 Å². The van der Waals surface area contributed by atoms with E-state index in [1.807, 2.05) is 19.0 Å². The normalized spacial score (nSPS) is 26.4. The number of halogens is 3. The van der Waals surface area contributed by atoms with Gasteiger partial charge in [-0.1, -0.05) is 18.2 Å². The van der Waals surface area contributed by atoms with E-state index in [1.54, 1.807) is 6.07 Å². The molecular formula is C16H22F3N2O-. The Morgan fingerprint density at radius 2 is 2.09 bits per heavy atom. The van der Waals surface area contributed by atoms with Crippen LogP contribution in [0.5, 0.6) is 0 Å². The second-order valence-corrected chi connectivity index (χ2v) is 6.11. The van der Waals surface area contributed by atoms with Crippen LogP contribution in [0.2, 0.25) is 0 Å². The molecule has 0 spiro atoms. The second kappa shape index (κ2) is 6.56. The Labute approximate surface area is 129 Å². The molecule has 0 radical (unpaired) electrons. The van der Waals surface area contributed by atoms with Crippen LogP contribution in [0.3, 0.4) is 0 Å². The predicted octanol–water partition coefficient (Wildman–Crippen LogP) is 3.08. The summed E-state index contributed by atoms with van der Waals surface area (Å²) in [5.41, 5.74) is -0.487. The Hall–Kier alpha value is -1.11. The first-order valence-corrected chi connectivity index (χ1v) is 7.40. The van der Waals surface area contributed by atoms with E-state index in [-0.39, 0.29) is 0 Å². The van der Waals surface area contributed by atoms with Crippen molar-refractivity contribution in [2.45, 2.75) is 37.1 Å². The van der Waals surface area contributed by atoms with Crippen molar-refractivity contribution in [3.05, 3.63) is 40.7 Å². The number of aryl methyl sites for hydroxylation is 1. The van der Waals surface area contributed by atoms with Crippen LogP contribution in [-0.2, 0) is 12.6 Å². The van der Waals surface area contributed by atoms with E-state index in [0.717, 1.165) is 6.07 Å². The van der Waals surface area contributed by atoms with Gasteiger partial charge in [-0.25, -0.2) is 0 Å². The maximum Gasteiger partial charge on any atom is 0.416 e. The summed E-state index contributed by atoms with van der Waals surface area (Å²) in [5.74, 6) is 0. The van der Waals surface area contributed by atoms with Crippen LogP contribution in [0.25, 0.3) is 5.32 Å². The second-order valence-electron chi connectivity index (χ2n) is 6.11. The van der Waals surface area contributed by atoms with Gasteiger partial charge >= 0.3 is 6.18 Å². The molecule has 1 aliphatic heterocycles. The molecule has 22 heavy (non-hydrogen) atoms. The molecule has 2 atom stereocenters. The molecule has 1 aromatic rings. The van der Waals surface area contributed by atoms with Crippen LogP contribution >= 0.6 is 0 Å². The number of hydrogen-bond donors (Lipinski definition) is 1. The Bertz CT molecular complexity index is 504. The minimum Gasteiger partial charge on any atom is -0.661 e. The lowest BCUT2D eigenvalue weighted by molar-refractivity contribution is -0.137. The van der Waals surface area contributed by atoms with Gasteiger partial charge in [0, 0.05) is 5.54 Å². The lowest BCUT2D eigenvalue weighted by Gasteiger charge is -2.52. The van der Waals surface area contributed by atoms with Crippen molar-refractivity contribution >= 4 is 0 Å². The molecule has 124 valence electrons. The van der Waals surface area contributed by atoms with Crippen molar-refractivity contribution in [1.82, 2.24) is 4.90 Å². The highest BCUT2D eigenvalue weighted by Crippen LogP contribution is 2.33. The Morgan fingerprint density at radius 1 is 1.36 bits per heavy atom. The molecule has 1 aromatic carbocycles. The Kier molecular flexibility index (Phi) is 5.14. The van der Waals surface area contributed by atoms with Gasteiger partial charge in [-0.3, -0.25) is 0 Å². The maximum atomic E-state index is 12.8. The van der Waals surface area contributed by atoms with E-state index in [1.165, 1.54) is 12.1 Å². The first kappa shape index (κ1) is 17.2. The summed E-state index contributed by atoms with van der Waals surface area (Å²) < 4.78 is 38.3. The summed E-state index contributed by atoms with van der Waals surface area (Å²) >= 11 is 0. The quantitative estimate of drug-likeness (QED) is 0.927. The summed E-state index contributed by atoms with van der Waals surface area (Å²) in [5, 5.41) is 14.8. The fourth-order valence-electron chi connectivity index (χ4n) is 3.03. The Morgan fingerprint density at radius 3 is 2.68 bits per heavy atom. The number of benzene rings is 1. The standard InChI is InChI=1S/C16H22F3N2O/c1-21(2)15(11-20-9-7-14(15)22)8-6-12-4-3-5-13(10-12)16(17,18)19/h3-5,10,14,22H,6-9,11H2,1-2H3/q-1/t14-,15+/m0/s1. The maximum absolute atomic E-state index is 12.8. The first-order chi connectivity index (χ1) is 10.3. The predicted molar refractivity (Wildman–Crippen MR) is 79.9 cm³/mol. The van der Waals surface area contributed by atoms with Crippen molar-refractivity contribution in [1.29, 1.82) is 0 Å². The van der Waals surface area contributed by atoms with Crippen molar-refractivity contribution < 1.29 is 18.3 Å². The molecule has 1 N–H and O–H groups in total. The lowest BCUT2D eigenvalue weighted by Crippen LogP contribution is -2.58. The zero-order valence-electron chi connectivity index (χ0n) is 12.9. The number of rotatable bonds is 4. The monoisotopic (exact) mass is 315 g/mol. The zero-order valence-corrected chi connectivity index (χ0v) is 12.9. The lowest BCUT2D eigenvalue weighted by atomic mass is 9.80. The topological polar surface area (TPSA) is 37.6 Å². The van der Waals surface area contributed by atoms with E-state index in [0.29, 0.717) is 37.9 Å². The van der Waals surface area contributed by atoms with Crippen LogP contribution in [0.15, 0.2) is 24.3 Å². The third-order valence-corrected chi connectivity index (χ3v) is 4.56. The molecule has 1 heterocycles. The Balaban J connectivity index is 2.13. The zero-order chi connectivity index (χ0) is 16.4. The molecular weight excluding hydrogens is 293 g/mol. The summed E-state index contributed by atoms with van der Waals surface area (Å²) in [4.78, 5) is 1.95. The summed E-state index contributed by atoms with van der Waals surface area (Å²) in [7, 11) is 3.77. The summed E-state index contributed by atoms with van der Waals surface area (Å²) in [6.07, 6.45) is -3.18. The van der Waals surface area contributed by atoms with Gasteiger partial charge in [-0.2, -0.15) is 13.2 Å². The third-order valence-electron chi connectivity index (χ3n) is 4.56. The van der Waals surface area contributed by atoms with Crippen LogP contribution in [0, 0.1) is 0 Å². The SMILES string of the molecule is CN(C)[C@]1(CCc2cccc(C(F)(F)F)c2)C[N-]CC[C@@H]1O. The number of hydrogen-bond acceptors (Lipinski definition) is 2. The highest BCUT2D eigenvalue weighted by Gasteiger charge is 2.37. The molecule has 0 aliphatic carbocycles. The van der Waals surface area contributed by atoms with Crippen LogP contribution in [0.4, 0.5) is 13.2 Å². The number of alkyl halides is 3. The van der Waals surface area contributed by atoms with Crippen molar-refractivity contribution in [3.63, 3.8) is 0 Å². The highest BCUT2D eigenvalue weighted by molar-refractivity contribution is 5.26. The average molecular weight is 315 g/mol. The van der Waals surface area contributed by atoms with Gasteiger partial charge in [0.2, 0.25) is 0 Å². The van der Waals surface area contributed by atoms with Gasteiger partial charge in [0.15, 0.2) is 0 Å². The molecule has 3 nitrogen and oxygen atoms in total. The fraction of sp³-hybridized carbons (Fsp3) is 0.625. The summed E-state index contributed by atoms with van der Waals surface area (Å²) in [6.45, 7) is 1.15. The number of likely N-dealkylation sites (N-methyl/N-ethyl adjacent to an activating group) is 1. The van der Waals surface area contributed by atoms with Crippen molar-refractivity contribution in [2.75, 3.05) is 27.2 Å². The molecule has 0 aromatic heterocycles. The molecule has 0 amide bonds. The summed E-state index contributed by atoms with van der Waals surface area (Å²) in [6, 6.07) is 5.40. The van der Waals surface area contributed by atoms with Crippen LogP contribution in [0.1, 0.15) is 24.0 Å². The van der Waals surface area contributed by atoms with Gasteiger partial charge in [0.25, 0.3) is 0 Å². The smallest absolute Gasteiger partial charge is 0.416 e. The number of piperidine rings is 1. The highest BCUT2D eigenvalue weighted by atomic mass is 19.4. The third kappa shape index (κ3) is 3.62. The largest absolute Gasteiger partial charge is 0.661 e. The fourth-order valence-corrected chi connectivity index (χ4v) is 3.03. The van der Waals surface area contributed by atoms with Crippen LogP contribution in [-0.4, -0.2) is 48.8 Å². The minimum absolute atomic E-state index is 0.481. The van der Waals surface area contributed by atoms with E-state index < -0.39 is 23.4 Å². The molecule has 0 unspecified atom stereocenters. The number of nitrogens with zero attached hydrogens (tertiary/aromatic N) is 2. The van der Waals surface area contributed by atoms with Crippen molar-refractivity contribution in [3.8, 4) is 0 Å². The first-order valence-electron chi connectivity index (χ1n) is 7.40. The molecule has 1 aliphatic rings. The van der Waals surface area contributed by atoms with Gasteiger partial charge in [0.05, 0.1) is 11.7 Å². The van der Waals surface area contributed by atoms with Crippen molar-refractivity contribution in [2.24, 2.45) is 0 Å². The minimum atomic E-state index is -4.32. The molecule has 1 saturated heterocycles. The molecule has 0 bridgehead atoms. The van der Waals surface area contributed by atoms with E-state index in [2.05, 4.69) is 5.32 Å². The molecule has 6 heteroatoms. The van der Waals surface area contributed by atoms with E-state index in [4.69, 9.17) is 0 Å².